The number of halogens is 1. The Labute approximate surface area is 172 Å². The number of thiazole rings is 1. The molecule has 7 heteroatoms. The zero-order valence-electron chi connectivity index (χ0n) is 15.7. The van der Waals surface area contributed by atoms with Crippen LogP contribution in [0, 0.1) is 13.8 Å². The van der Waals surface area contributed by atoms with Crippen LogP contribution in [0.4, 0.5) is 10.8 Å². The molecule has 1 heterocycles. The number of carbonyl (C=O) groups excluding carboxylic acids is 2. The van der Waals surface area contributed by atoms with Crippen LogP contribution in [0.25, 0.3) is 0 Å². The van der Waals surface area contributed by atoms with Crippen molar-refractivity contribution in [1.82, 2.24) is 4.98 Å². The average Bonchev–Trinajstić information content (AvgIpc) is 3.11. The number of aromatic nitrogens is 1. The predicted octanol–water partition coefficient (Wildman–Crippen LogP) is 5.45. The van der Waals surface area contributed by atoms with E-state index < -0.39 is 5.97 Å². The van der Waals surface area contributed by atoms with E-state index in [0.717, 1.165) is 16.8 Å². The number of nitrogens with zero attached hydrogens (tertiary/aromatic N) is 2. The monoisotopic (exact) mass is 414 g/mol. The SMILES string of the molecule is CC(=O)N(c1ccc(C)c(C)c1)c1nc(COC(=O)c2ccc(Cl)cc2)cs1. The minimum Gasteiger partial charge on any atom is -0.456 e. The van der Waals surface area contributed by atoms with Gasteiger partial charge in [0.2, 0.25) is 5.91 Å². The molecule has 0 fully saturated rings. The molecule has 1 amide bonds. The highest BCUT2D eigenvalue weighted by molar-refractivity contribution is 7.14. The Morgan fingerprint density at radius 3 is 2.46 bits per heavy atom. The van der Waals surface area contributed by atoms with E-state index in [1.54, 1.807) is 34.5 Å². The van der Waals surface area contributed by atoms with Gasteiger partial charge in [-0.05, 0) is 61.4 Å². The third-order valence-electron chi connectivity index (χ3n) is 4.23. The Balaban J connectivity index is 1.74. The lowest BCUT2D eigenvalue weighted by Gasteiger charge is -2.19. The number of benzene rings is 2. The topological polar surface area (TPSA) is 59.5 Å². The zero-order chi connectivity index (χ0) is 20.3. The molecule has 0 radical (unpaired) electrons. The van der Waals surface area contributed by atoms with Gasteiger partial charge in [0.05, 0.1) is 16.9 Å². The molecule has 144 valence electrons. The Morgan fingerprint density at radius 1 is 1.11 bits per heavy atom. The molecule has 0 aliphatic rings. The maximum Gasteiger partial charge on any atom is 0.338 e. The Morgan fingerprint density at radius 2 is 1.82 bits per heavy atom. The summed E-state index contributed by atoms with van der Waals surface area (Å²) in [6, 6.07) is 12.3. The Kier molecular flexibility index (Phi) is 6.11. The van der Waals surface area contributed by atoms with Gasteiger partial charge in [-0.3, -0.25) is 9.69 Å². The first-order valence-electron chi connectivity index (χ1n) is 8.60. The second kappa shape index (κ2) is 8.54. The first-order valence-corrected chi connectivity index (χ1v) is 9.86. The largest absolute Gasteiger partial charge is 0.456 e. The number of ether oxygens (including phenoxy) is 1. The summed E-state index contributed by atoms with van der Waals surface area (Å²) in [7, 11) is 0. The number of aryl methyl sites for hydroxylation is 2. The van der Waals surface area contributed by atoms with Crippen molar-refractivity contribution in [3.05, 3.63) is 75.3 Å². The number of hydrogen-bond donors (Lipinski definition) is 0. The van der Waals surface area contributed by atoms with Gasteiger partial charge >= 0.3 is 5.97 Å². The lowest BCUT2D eigenvalue weighted by molar-refractivity contribution is -0.115. The van der Waals surface area contributed by atoms with Gasteiger partial charge in [-0.2, -0.15) is 0 Å². The molecule has 0 unspecified atom stereocenters. The maximum atomic E-state index is 12.2. The molecular formula is C21H19ClN2O3S. The molecule has 0 aliphatic carbocycles. The number of carbonyl (C=O) groups is 2. The summed E-state index contributed by atoms with van der Waals surface area (Å²) in [6.07, 6.45) is 0. The molecular weight excluding hydrogens is 396 g/mol. The van der Waals surface area contributed by atoms with Gasteiger partial charge in [-0.25, -0.2) is 9.78 Å². The smallest absolute Gasteiger partial charge is 0.338 e. The molecule has 0 saturated carbocycles. The zero-order valence-corrected chi connectivity index (χ0v) is 17.3. The van der Waals surface area contributed by atoms with Crippen molar-refractivity contribution in [3.8, 4) is 0 Å². The summed E-state index contributed by atoms with van der Waals surface area (Å²) < 4.78 is 5.31. The highest BCUT2D eigenvalue weighted by Crippen LogP contribution is 2.30. The van der Waals surface area contributed by atoms with Crippen LogP contribution < -0.4 is 4.90 Å². The number of hydrogen-bond acceptors (Lipinski definition) is 5. The molecule has 0 N–H and O–H groups in total. The molecule has 28 heavy (non-hydrogen) atoms. The van der Waals surface area contributed by atoms with Crippen LogP contribution in [0.3, 0.4) is 0 Å². The maximum absolute atomic E-state index is 12.2. The summed E-state index contributed by atoms with van der Waals surface area (Å²) in [5, 5.41) is 2.87. The van der Waals surface area contributed by atoms with E-state index in [4.69, 9.17) is 16.3 Å². The van der Waals surface area contributed by atoms with E-state index >= 15 is 0 Å². The molecule has 0 bridgehead atoms. The fraction of sp³-hybridized carbons (Fsp3) is 0.190. The first-order chi connectivity index (χ1) is 13.3. The molecule has 1 aromatic heterocycles. The van der Waals surface area contributed by atoms with Crippen LogP contribution in [0.5, 0.6) is 0 Å². The lowest BCUT2D eigenvalue weighted by atomic mass is 10.1. The van der Waals surface area contributed by atoms with Gasteiger partial charge in [0.15, 0.2) is 5.13 Å². The van der Waals surface area contributed by atoms with Gasteiger partial charge in [0.1, 0.15) is 6.61 Å². The van der Waals surface area contributed by atoms with E-state index in [1.165, 1.54) is 18.3 Å². The predicted molar refractivity (Wildman–Crippen MR) is 111 cm³/mol. The van der Waals surface area contributed by atoms with E-state index in [2.05, 4.69) is 4.98 Å². The van der Waals surface area contributed by atoms with E-state index in [1.807, 2.05) is 32.0 Å². The number of anilines is 2. The lowest BCUT2D eigenvalue weighted by Crippen LogP contribution is -2.22. The summed E-state index contributed by atoms with van der Waals surface area (Å²) in [6.45, 7) is 5.54. The standard InChI is InChI=1S/C21H19ClN2O3S/c1-13-4-9-19(10-14(13)2)24(15(3)25)21-23-18(12-28-21)11-27-20(26)16-5-7-17(22)8-6-16/h4-10,12H,11H2,1-3H3. The van der Waals surface area contributed by atoms with E-state index in [9.17, 15) is 9.59 Å². The Bertz CT molecular complexity index is 1010. The third-order valence-corrected chi connectivity index (χ3v) is 5.35. The van der Waals surface area contributed by atoms with Crippen molar-refractivity contribution in [1.29, 1.82) is 0 Å². The second-order valence-corrected chi connectivity index (χ2v) is 7.60. The van der Waals surface area contributed by atoms with Crippen molar-refractivity contribution < 1.29 is 14.3 Å². The van der Waals surface area contributed by atoms with Gasteiger partial charge in [0, 0.05) is 17.3 Å². The van der Waals surface area contributed by atoms with Gasteiger partial charge in [-0.1, -0.05) is 17.7 Å². The normalized spacial score (nSPS) is 10.6. The number of rotatable bonds is 5. The molecule has 3 rings (SSSR count). The first kappa shape index (κ1) is 20.0. The third kappa shape index (κ3) is 4.58. The minimum absolute atomic E-state index is 0.0244. The Hall–Kier alpha value is -2.70. The molecule has 0 aliphatic heterocycles. The number of esters is 1. The van der Waals surface area contributed by atoms with Crippen molar-refractivity contribution in [3.63, 3.8) is 0 Å². The van der Waals surface area contributed by atoms with Crippen molar-refractivity contribution in [2.24, 2.45) is 0 Å². The highest BCUT2D eigenvalue weighted by Gasteiger charge is 2.19. The van der Waals surface area contributed by atoms with E-state index in [-0.39, 0.29) is 12.5 Å². The van der Waals surface area contributed by atoms with Crippen molar-refractivity contribution >= 4 is 45.6 Å². The second-order valence-electron chi connectivity index (χ2n) is 6.33. The minimum atomic E-state index is -0.455. The van der Waals surface area contributed by atoms with Crippen LogP contribution in [-0.4, -0.2) is 16.9 Å². The van der Waals surface area contributed by atoms with Crippen LogP contribution in [0.1, 0.15) is 34.1 Å². The quantitative estimate of drug-likeness (QED) is 0.520. The summed E-state index contributed by atoms with van der Waals surface area (Å²) in [4.78, 5) is 30.4. The van der Waals surface area contributed by atoms with Gasteiger partial charge < -0.3 is 4.74 Å². The van der Waals surface area contributed by atoms with Crippen molar-refractivity contribution in [2.45, 2.75) is 27.4 Å². The summed E-state index contributed by atoms with van der Waals surface area (Å²) in [5.41, 5.74) is 4.01. The number of amides is 1. The summed E-state index contributed by atoms with van der Waals surface area (Å²) >= 11 is 7.15. The highest BCUT2D eigenvalue weighted by atomic mass is 35.5. The molecule has 0 spiro atoms. The fourth-order valence-electron chi connectivity index (χ4n) is 2.57. The molecule has 3 aromatic rings. The van der Waals surface area contributed by atoms with E-state index in [0.29, 0.717) is 21.4 Å². The summed E-state index contributed by atoms with van der Waals surface area (Å²) in [5.74, 6) is -0.592. The van der Waals surface area contributed by atoms with Gasteiger partial charge in [0.25, 0.3) is 0 Å². The van der Waals surface area contributed by atoms with Crippen LogP contribution >= 0.6 is 22.9 Å². The van der Waals surface area contributed by atoms with Crippen LogP contribution in [0.2, 0.25) is 5.02 Å². The fourth-order valence-corrected chi connectivity index (χ4v) is 3.56. The van der Waals surface area contributed by atoms with Crippen molar-refractivity contribution in [2.75, 3.05) is 4.90 Å². The average molecular weight is 415 g/mol. The van der Waals surface area contributed by atoms with Gasteiger partial charge in [-0.15, -0.1) is 11.3 Å². The van der Waals surface area contributed by atoms with Crippen LogP contribution in [-0.2, 0) is 16.1 Å². The molecule has 2 aromatic carbocycles. The molecule has 5 nitrogen and oxygen atoms in total. The molecule has 0 atom stereocenters. The molecule has 0 saturated heterocycles. The van der Waals surface area contributed by atoms with Crippen LogP contribution in [0.15, 0.2) is 47.8 Å².